The first kappa shape index (κ1) is 13.0. The maximum absolute atomic E-state index is 11.5. The Balaban J connectivity index is 2.16. The lowest BCUT2D eigenvalue weighted by Crippen LogP contribution is -2.25. The second-order valence-corrected chi connectivity index (χ2v) is 5.24. The quantitative estimate of drug-likeness (QED) is 0.668. The van der Waals surface area contributed by atoms with Crippen LogP contribution in [0.25, 0.3) is 0 Å². The predicted molar refractivity (Wildman–Crippen MR) is 69.4 cm³/mol. The summed E-state index contributed by atoms with van der Waals surface area (Å²) in [6, 6.07) is 6.51. The highest BCUT2D eigenvalue weighted by Crippen LogP contribution is 2.25. The van der Waals surface area contributed by atoms with E-state index in [-0.39, 0.29) is 11.7 Å². The number of thioether (sulfide) groups is 1. The summed E-state index contributed by atoms with van der Waals surface area (Å²) in [7, 11) is 0. The van der Waals surface area contributed by atoms with Gasteiger partial charge in [0.2, 0.25) is 0 Å². The first-order chi connectivity index (χ1) is 8.68. The molecule has 2 rings (SSSR count). The molecule has 1 aliphatic heterocycles. The van der Waals surface area contributed by atoms with Crippen LogP contribution < -0.4 is 4.74 Å². The summed E-state index contributed by atoms with van der Waals surface area (Å²) in [6.07, 6.45) is 2.10. The minimum Gasteiger partial charge on any atom is -0.489 e. The van der Waals surface area contributed by atoms with Crippen molar-refractivity contribution in [2.75, 3.05) is 11.5 Å². The highest BCUT2D eigenvalue weighted by atomic mass is 32.2. The number of benzene rings is 1. The standard InChI is InChI=1S/C13H14O4S/c14-12(13(15)16)10-5-1-2-6-11(10)17-9-4-3-7-18-8-9/h1-2,5-6,9H,3-4,7-8H2,(H,15,16). The second kappa shape index (κ2) is 5.91. The third-order valence-electron chi connectivity index (χ3n) is 2.74. The molecule has 1 N–H and O–H groups in total. The third-order valence-corrected chi connectivity index (χ3v) is 3.92. The average molecular weight is 266 g/mol. The van der Waals surface area contributed by atoms with Crippen molar-refractivity contribution < 1.29 is 19.4 Å². The molecule has 18 heavy (non-hydrogen) atoms. The number of ketones is 1. The summed E-state index contributed by atoms with van der Waals surface area (Å²) < 4.78 is 5.75. The van der Waals surface area contributed by atoms with Gasteiger partial charge in [0.1, 0.15) is 11.9 Å². The number of aliphatic carboxylic acids is 1. The zero-order chi connectivity index (χ0) is 13.0. The molecular weight excluding hydrogens is 252 g/mol. The molecule has 0 spiro atoms. The lowest BCUT2D eigenvalue weighted by atomic mass is 10.1. The molecule has 0 radical (unpaired) electrons. The monoisotopic (exact) mass is 266 g/mol. The van der Waals surface area contributed by atoms with E-state index >= 15 is 0 Å². The van der Waals surface area contributed by atoms with Gasteiger partial charge in [0.15, 0.2) is 0 Å². The van der Waals surface area contributed by atoms with Crippen molar-refractivity contribution >= 4 is 23.5 Å². The van der Waals surface area contributed by atoms with E-state index in [1.807, 2.05) is 11.8 Å². The Hall–Kier alpha value is -1.49. The van der Waals surface area contributed by atoms with Crippen molar-refractivity contribution in [2.45, 2.75) is 18.9 Å². The predicted octanol–water partition coefficient (Wildman–Crippen LogP) is 2.23. The minimum absolute atomic E-state index is 0.0616. The first-order valence-electron chi connectivity index (χ1n) is 5.79. The van der Waals surface area contributed by atoms with Gasteiger partial charge in [-0.05, 0) is 30.7 Å². The molecule has 1 unspecified atom stereocenters. The average Bonchev–Trinajstić information content (AvgIpc) is 2.39. The summed E-state index contributed by atoms with van der Waals surface area (Å²) in [5, 5.41) is 8.76. The molecule has 1 aliphatic rings. The highest BCUT2D eigenvalue weighted by Gasteiger charge is 2.22. The Labute approximate surface area is 109 Å². The molecular formula is C13H14O4S. The van der Waals surface area contributed by atoms with Crippen LogP contribution in [0, 0.1) is 0 Å². The van der Waals surface area contributed by atoms with E-state index in [1.54, 1.807) is 18.2 Å². The zero-order valence-corrected chi connectivity index (χ0v) is 10.6. The molecule has 0 aliphatic carbocycles. The van der Waals surface area contributed by atoms with Gasteiger partial charge in [-0.3, -0.25) is 4.79 Å². The number of carbonyl (C=O) groups is 2. The number of Topliss-reactive ketones (excluding diaryl/α,β-unsaturated/α-hetero) is 1. The van der Waals surface area contributed by atoms with Gasteiger partial charge in [0.05, 0.1) is 5.56 Å². The van der Waals surface area contributed by atoms with Crippen molar-refractivity contribution in [2.24, 2.45) is 0 Å². The van der Waals surface area contributed by atoms with Gasteiger partial charge >= 0.3 is 5.97 Å². The second-order valence-electron chi connectivity index (χ2n) is 4.09. The van der Waals surface area contributed by atoms with Crippen LogP contribution in [0.4, 0.5) is 0 Å². The van der Waals surface area contributed by atoms with Gasteiger partial charge in [-0.25, -0.2) is 4.79 Å². The zero-order valence-electron chi connectivity index (χ0n) is 9.80. The van der Waals surface area contributed by atoms with E-state index in [1.165, 1.54) is 6.07 Å². The summed E-state index contributed by atoms with van der Waals surface area (Å²) in [5.41, 5.74) is 0.126. The van der Waals surface area contributed by atoms with Crippen molar-refractivity contribution in [3.05, 3.63) is 29.8 Å². The number of hydrogen-bond donors (Lipinski definition) is 1. The molecule has 0 saturated carbocycles. The lowest BCUT2D eigenvalue weighted by Gasteiger charge is -2.23. The van der Waals surface area contributed by atoms with E-state index in [2.05, 4.69) is 0 Å². The van der Waals surface area contributed by atoms with Crippen LogP contribution in [-0.4, -0.2) is 34.5 Å². The van der Waals surface area contributed by atoms with E-state index in [0.717, 1.165) is 24.3 Å². The molecule has 1 aromatic carbocycles. The summed E-state index contributed by atoms with van der Waals surface area (Å²) in [6.45, 7) is 0. The Morgan fingerprint density at radius 3 is 2.78 bits per heavy atom. The van der Waals surface area contributed by atoms with Crippen LogP contribution >= 0.6 is 11.8 Å². The number of carboxylic acids is 1. The van der Waals surface area contributed by atoms with Crippen LogP contribution in [0.3, 0.4) is 0 Å². The number of carbonyl (C=O) groups excluding carboxylic acids is 1. The normalized spacial score (nSPS) is 19.2. The summed E-state index contributed by atoms with van der Waals surface area (Å²) in [4.78, 5) is 22.3. The molecule has 1 aromatic rings. The largest absolute Gasteiger partial charge is 0.489 e. The lowest BCUT2D eigenvalue weighted by molar-refractivity contribution is -0.131. The Bertz CT molecular complexity index is 452. The third kappa shape index (κ3) is 3.04. The van der Waals surface area contributed by atoms with Crippen molar-refractivity contribution in [3.8, 4) is 5.75 Å². The number of para-hydroxylation sites is 1. The van der Waals surface area contributed by atoms with Crippen molar-refractivity contribution in [3.63, 3.8) is 0 Å². The molecule has 96 valence electrons. The molecule has 1 saturated heterocycles. The molecule has 5 heteroatoms. The Kier molecular flexibility index (Phi) is 4.25. The van der Waals surface area contributed by atoms with Gasteiger partial charge in [-0.2, -0.15) is 11.8 Å². The molecule has 0 amide bonds. The maximum Gasteiger partial charge on any atom is 0.377 e. The molecule has 1 fully saturated rings. The van der Waals surface area contributed by atoms with Gasteiger partial charge in [0, 0.05) is 5.75 Å². The van der Waals surface area contributed by atoms with Gasteiger partial charge in [-0.1, -0.05) is 12.1 Å². The fraction of sp³-hybridized carbons (Fsp3) is 0.385. The Morgan fingerprint density at radius 1 is 1.33 bits per heavy atom. The van der Waals surface area contributed by atoms with Gasteiger partial charge in [-0.15, -0.1) is 0 Å². The SMILES string of the molecule is O=C(O)C(=O)c1ccccc1OC1CCCSC1. The first-order valence-corrected chi connectivity index (χ1v) is 6.95. The smallest absolute Gasteiger partial charge is 0.377 e. The Morgan fingerprint density at radius 2 is 2.11 bits per heavy atom. The number of rotatable bonds is 4. The molecule has 0 bridgehead atoms. The summed E-state index contributed by atoms with van der Waals surface area (Å²) >= 11 is 1.82. The number of ether oxygens (including phenoxy) is 1. The van der Waals surface area contributed by atoms with Crippen LogP contribution in [0.2, 0.25) is 0 Å². The van der Waals surface area contributed by atoms with E-state index in [0.29, 0.717) is 5.75 Å². The fourth-order valence-corrected chi connectivity index (χ4v) is 2.89. The summed E-state index contributed by atoms with van der Waals surface area (Å²) in [5.74, 6) is 0.0149. The van der Waals surface area contributed by atoms with Crippen LogP contribution in [0.1, 0.15) is 23.2 Å². The van der Waals surface area contributed by atoms with E-state index in [4.69, 9.17) is 9.84 Å². The van der Waals surface area contributed by atoms with Crippen molar-refractivity contribution in [1.82, 2.24) is 0 Å². The molecule has 0 aromatic heterocycles. The maximum atomic E-state index is 11.5. The topological polar surface area (TPSA) is 63.6 Å². The number of carboxylic acid groups (broad SMARTS) is 1. The van der Waals surface area contributed by atoms with Gasteiger partial charge in [0.25, 0.3) is 5.78 Å². The minimum atomic E-state index is -1.45. The van der Waals surface area contributed by atoms with E-state index < -0.39 is 11.8 Å². The highest BCUT2D eigenvalue weighted by molar-refractivity contribution is 7.99. The van der Waals surface area contributed by atoms with Gasteiger partial charge < -0.3 is 9.84 Å². The van der Waals surface area contributed by atoms with E-state index in [9.17, 15) is 9.59 Å². The van der Waals surface area contributed by atoms with Crippen LogP contribution in [0.15, 0.2) is 24.3 Å². The van der Waals surface area contributed by atoms with Crippen LogP contribution in [0.5, 0.6) is 5.75 Å². The molecule has 4 nitrogen and oxygen atoms in total. The molecule has 1 heterocycles. The fourth-order valence-electron chi connectivity index (χ4n) is 1.86. The van der Waals surface area contributed by atoms with Crippen molar-refractivity contribution in [1.29, 1.82) is 0 Å². The van der Waals surface area contributed by atoms with Crippen LogP contribution in [-0.2, 0) is 4.79 Å². The molecule has 1 atom stereocenters. The number of hydrogen-bond acceptors (Lipinski definition) is 4.